The second kappa shape index (κ2) is 6.20. The van der Waals surface area contributed by atoms with E-state index < -0.39 is 6.10 Å². The van der Waals surface area contributed by atoms with Crippen LogP contribution in [0.5, 0.6) is 5.75 Å². The van der Waals surface area contributed by atoms with Crippen molar-refractivity contribution in [3.63, 3.8) is 0 Å². The summed E-state index contributed by atoms with van der Waals surface area (Å²) in [6.45, 7) is 8.02. The number of aryl methyl sites for hydroxylation is 1. The Kier molecular flexibility index (Phi) is 5.12. The fraction of sp³-hybridized carbons (Fsp3) is 0.562. The average molecular weight is 264 g/mol. The van der Waals surface area contributed by atoms with Crippen molar-refractivity contribution < 1.29 is 14.3 Å². The van der Waals surface area contributed by atoms with Gasteiger partial charge in [0, 0.05) is 19.1 Å². The predicted molar refractivity (Wildman–Crippen MR) is 76.7 cm³/mol. The predicted octanol–water partition coefficient (Wildman–Crippen LogP) is 3.18. The van der Waals surface area contributed by atoms with Crippen LogP contribution in [0, 0.1) is 12.3 Å². The van der Waals surface area contributed by atoms with E-state index in [0.717, 1.165) is 16.9 Å². The monoisotopic (exact) mass is 264 g/mol. The van der Waals surface area contributed by atoms with Gasteiger partial charge in [-0.05, 0) is 18.4 Å². The molecule has 0 aromatic heterocycles. The quantitative estimate of drug-likeness (QED) is 0.819. The summed E-state index contributed by atoms with van der Waals surface area (Å²) in [5, 5.41) is 0. The van der Waals surface area contributed by atoms with E-state index in [4.69, 9.17) is 9.47 Å². The van der Waals surface area contributed by atoms with E-state index in [-0.39, 0.29) is 11.2 Å². The molecule has 0 heterocycles. The van der Waals surface area contributed by atoms with Gasteiger partial charge in [-0.3, -0.25) is 4.79 Å². The normalized spacial score (nSPS) is 13.2. The number of hydrogen-bond acceptors (Lipinski definition) is 3. The SMILES string of the molecule is COc1ccc(C)cc1CC(=O)C(OC)C(C)(C)C. The first-order valence-electron chi connectivity index (χ1n) is 6.48. The van der Waals surface area contributed by atoms with Crippen LogP contribution in [0.1, 0.15) is 31.9 Å². The number of carbonyl (C=O) groups excluding carboxylic acids is 1. The smallest absolute Gasteiger partial charge is 0.166 e. The van der Waals surface area contributed by atoms with Gasteiger partial charge in [-0.1, -0.05) is 38.5 Å². The highest BCUT2D eigenvalue weighted by Gasteiger charge is 2.31. The Labute approximate surface area is 115 Å². The molecule has 1 aromatic rings. The van der Waals surface area contributed by atoms with Gasteiger partial charge in [0.1, 0.15) is 11.9 Å². The fourth-order valence-electron chi connectivity index (χ4n) is 2.29. The average Bonchev–Trinajstić information content (AvgIpc) is 2.28. The minimum Gasteiger partial charge on any atom is -0.496 e. The third-order valence-electron chi connectivity index (χ3n) is 3.12. The van der Waals surface area contributed by atoms with Gasteiger partial charge in [-0.15, -0.1) is 0 Å². The Hall–Kier alpha value is -1.35. The zero-order valence-corrected chi connectivity index (χ0v) is 12.7. The zero-order valence-electron chi connectivity index (χ0n) is 12.7. The van der Waals surface area contributed by atoms with E-state index in [0.29, 0.717) is 6.42 Å². The second-order valence-corrected chi connectivity index (χ2v) is 5.94. The summed E-state index contributed by atoms with van der Waals surface area (Å²) in [6, 6.07) is 5.87. The zero-order chi connectivity index (χ0) is 14.6. The minimum atomic E-state index is -0.405. The van der Waals surface area contributed by atoms with Crippen molar-refractivity contribution in [1.29, 1.82) is 0 Å². The standard InChI is InChI=1S/C16H24O3/c1-11-7-8-14(18-5)12(9-11)10-13(17)15(19-6)16(2,3)4/h7-9,15H,10H2,1-6H3. The van der Waals surface area contributed by atoms with Crippen molar-refractivity contribution in [3.05, 3.63) is 29.3 Å². The van der Waals surface area contributed by atoms with Crippen LogP contribution < -0.4 is 4.74 Å². The lowest BCUT2D eigenvalue weighted by atomic mass is 9.84. The summed E-state index contributed by atoms with van der Waals surface area (Å²) >= 11 is 0. The molecule has 0 aliphatic heterocycles. The van der Waals surface area contributed by atoms with Crippen molar-refractivity contribution in [2.24, 2.45) is 5.41 Å². The molecule has 0 spiro atoms. The maximum absolute atomic E-state index is 12.4. The van der Waals surface area contributed by atoms with Crippen LogP contribution in [0.15, 0.2) is 18.2 Å². The highest BCUT2D eigenvalue weighted by atomic mass is 16.5. The number of ketones is 1. The summed E-state index contributed by atoms with van der Waals surface area (Å²) in [5.41, 5.74) is 1.83. The highest BCUT2D eigenvalue weighted by molar-refractivity contribution is 5.86. The maximum atomic E-state index is 12.4. The molecule has 1 rings (SSSR count). The molecule has 0 aliphatic rings. The first-order chi connectivity index (χ1) is 8.79. The second-order valence-electron chi connectivity index (χ2n) is 5.94. The van der Waals surface area contributed by atoms with E-state index in [1.807, 2.05) is 45.9 Å². The number of Topliss-reactive ketones (excluding diaryl/α,β-unsaturated/α-hetero) is 1. The summed E-state index contributed by atoms with van der Waals surface area (Å²) in [7, 11) is 3.21. The van der Waals surface area contributed by atoms with Gasteiger partial charge in [0.25, 0.3) is 0 Å². The number of methoxy groups -OCH3 is 2. The van der Waals surface area contributed by atoms with Gasteiger partial charge < -0.3 is 9.47 Å². The lowest BCUT2D eigenvalue weighted by Gasteiger charge is -2.28. The van der Waals surface area contributed by atoms with E-state index in [9.17, 15) is 4.79 Å². The number of hydrogen-bond donors (Lipinski definition) is 0. The van der Waals surface area contributed by atoms with Gasteiger partial charge in [-0.25, -0.2) is 0 Å². The summed E-state index contributed by atoms with van der Waals surface area (Å²) in [5.74, 6) is 0.835. The Morgan fingerprint density at radius 1 is 1.26 bits per heavy atom. The van der Waals surface area contributed by atoms with Crippen molar-refractivity contribution in [1.82, 2.24) is 0 Å². The lowest BCUT2D eigenvalue weighted by Crippen LogP contribution is -2.37. The molecule has 0 radical (unpaired) electrons. The topological polar surface area (TPSA) is 35.5 Å². The van der Waals surface area contributed by atoms with Gasteiger partial charge in [0.05, 0.1) is 7.11 Å². The number of carbonyl (C=O) groups is 1. The van der Waals surface area contributed by atoms with Gasteiger partial charge in [0.15, 0.2) is 5.78 Å². The summed E-state index contributed by atoms with van der Waals surface area (Å²) < 4.78 is 10.7. The molecule has 106 valence electrons. The van der Waals surface area contributed by atoms with Crippen LogP contribution in [0.2, 0.25) is 0 Å². The molecule has 19 heavy (non-hydrogen) atoms. The molecule has 1 unspecified atom stereocenters. The lowest BCUT2D eigenvalue weighted by molar-refractivity contribution is -0.134. The molecular weight excluding hydrogens is 240 g/mol. The Morgan fingerprint density at radius 3 is 2.37 bits per heavy atom. The maximum Gasteiger partial charge on any atom is 0.166 e. The van der Waals surface area contributed by atoms with Crippen LogP contribution in [0.4, 0.5) is 0 Å². The van der Waals surface area contributed by atoms with E-state index in [2.05, 4.69) is 0 Å². The Morgan fingerprint density at radius 2 is 1.89 bits per heavy atom. The van der Waals surface area contributed by atoms with Crippen molar-refractivity contribution >= 4 is 5.78 Å². The summed E-state index contributed by atoms with van der Waals surface area (Å²) in [4.78, 5) is 12.4. The molecule has 0 saturated heterocycles. The molecule has 0 bridgehead atoms. The Bertz CT molecular complexity index is 444. The molecule has 3 heteroatoms. The molecule has 0 N–H and O–H groups in total. The van der Waals surface area contributed by atoms with Crippen LogP contribution >= 0.6 is 0 Å². The van der Waals surface area contributed by atoms with E-state index in [1.54, 1.807) is 14.2 Å². The van der Waals surface area contributed by atoms with Crippen LogP contribution in [-0.2, 0) is 16.0 Å². The van der Waals surface area contributed by atoms with Crippen molar-refractivity contribution in [3.8, 4) is 5.75 Å². The third-order valence-corrected chi connectivity index (χ3v) is 3.12. The van der Waals surface area contributed by atoms with Gasteiger partial charge in [-0.2, -0.15) is 0 Å². The van der Waals surface area contributed by atoms with Crippen LogP contribution in [0.3, 0.4) is 0 Å². The van der Waals surface area contributed by atoms with Crippen LogP contribution in [-0.4, -0.2) is 26.1 Å². The molecule has 0 aliphatic carbocycles. The number of benzene rings is 1. The molecule has 1 aromatic carbocycles. The first-order valence-corrected chi connectivity index (χ1v) is 6.48. The van der Waals surface area contributed by atoms with Crippen LogP contribution in [0.25, 0.3) is 0 Å². The summed E-state index contributed by atoms with van der Waals surface area (Å²) in [6.07, 6.45) is -0.0709. The minimum absolute atomic E-state index is 0.0823. The Balaban J connectivity index is 2.96. The van der Waals surface area contributed by atoms with E-state index in [1.165, 1.54) is 0 Å². The molecule has 0 saturated carbocycles. The number of rotatable bonds is 5. The van der Waals surface area contributed by atoms with Gasteiger partial charge in [0.2, 0.25) is 0 Å². The highest BCUT2D eigenvalue weighted by Crippen LogP contribution is 2.26. The van der Waals surface area contributed by atoms with Crippen molar-refractivity contribution in [2.45, 2.75) is 40.2 Å². The van der Waals surface area contributed by atoms with Gasteiger partial charge >= 0.3 is 0 Å². The molecule has 0 amide bonds. The molecule has 3 nitrogen and oxygen atoms in total. The first kappa shape index (κ1) is 15.7. The molecule has 1 atom stereocenters. The van der Waals surface area contributed by atoms with Crippen molar-refractivity contribution in [2.75, 3.05) is 14.2 Å². The third kappa shape index (κ3) is 4.06. The van der Waals surface area contributed by atoms with E-state index >= 15 is 0 Å². The number of ether oxygens (including phenoxy) is 2. The molecular formula is C16H24O3. The molecule has 0 fully saturated rings. The largest absolute Gasteiger partial charge is 0.496 e. The fourth-order valence-corrected chi connectivity index (χ4v) is 2.29.